The van der Waals surface area contributed by atoms with Gasteiger partial charge in [0.1, 0.15) is 17.9 Å². The van der Waals surface area contributed by atoms with Crippen LogP contribution in [-0.2, 0) is 20.8 Å². The van der Waals surface area contributed by atoms with E-state index in [0.29, 0.717) is 11.0 Å². The van der Waals surface area contributed by atoms with E-state index in [0.717, 1.165) is 0 Å². The van der Waals surface area contributed by atoms with Gasteiger partial charge in [0.05, 0.1) is 36.0 Å². The van der Waals surface area contributed by atoms with Crippen LogP contribution >= 0.6 is 0 Å². The first-order valence-electron chi connectivity index (χ1n) is 12.8. The van der Waals surface area contributed by atoms with Crippen LogP contribution in [0.2, 0.25) is 0 Å². The van der Waals surface area contributed by atoms with Crippen LogP contribution in [0.3, 0.4) is 0 Å². The molecule has 1 aliphatic heterocycles. The van der Waals surface area contributed by atoms with Gasteiger partial charge in [-0.3, -0.25) is 23.7 Å². The van der Waals surface area contributed by atoms with Crippen LogP contribution in [0.25, 0.3) is 11.0 Å². The number of imidazole rings is 1. The van der Waals surface area contributed by atoms with E-state index in [1.165, 1.54) is 15.3 Å². The molecule has 0 aliphatic carbocycles. The quantitative estimate of drug-likeness (QED) is 0.359. The number of hydrogen-bond donors (Lipinski definition) is 3. The van der Waals surface area contributed by atoms with Crippen molar-refractivity contribution < 1.29 is 19.0 Å². The van der Waals surface area contributed by atoms with E-state index in [9.17, 15) is 19.2 Å². The molecule has 12 heteroatoms. The van der Waals surface area contributed by atoms with Crippen LogP contribution in [0.4, 0.5) is 0 Å². The molecule has 1 unspecified atom stereocenters. The summed E-state index contributed by atoms with van der Waals surface area (Å²) in [5.74, 6) is -0.945. The number of amides is 1. The number of aromatic nitrogens is 4. The molecule has 0 spiro atoms. The fourth-order valence-corrected chi connectivity index (χ4v) is 4.69. The lowest BCUT2D eigenvalue weighted by Crippen LogP contribution is -2.40. The lowest BCUT2D eigenvalue weighted by molar-refractivity contribution is -0.0966. The zero-order valence-corrected chi connectivity index (χ0v) is 22.2. The van der Waals surface area contributed by atoms with Crippen LogP contribution in [-0.4, -0.2) is 62.6 Å². The van der Waals surface area contributed by atoms with Crippen molar-refractivity contribution in [2.24, 2.45) is 5.92 Å². The van der Waals surface area contributed by atoms with Gasteiger partial charge in [-0.2, -0.15) is 0 Å². The first-order valence-corrected chi connectivity index (χ1v) is 12.8. The summed E-state index contributed by atoms with van der Waals surface area (Å²) >= 11 is 0. The molecule has 1 fully saturated rings. The molecule has 3 N–H and O–H groups in total. The fourth-order valence-electron chi connectivity index (χ4n) is 4.69. The van der Waals surface area contributed by atoms with Crippen LogP contribution in [0, 0.1) is 5.92 Å². The SMILES string of the molecule is CC(C)OC[C@H]1O[C@@H](n2cc(C(=O)NCCn3c(=O)[nH]c4ccccc43)c(=O)[nH]c2=O)[C@@H](C)C1OC(C)C. The summed E-state index contributed by atoms with van der Waals surface area (Å²) < 4.78 is 20.7. The Morgan fingerprint density at radius 3 is 2.53 bits per heavy atom. The lowest BCUT2D eigenvalue weighted by atomic mass is 10.0. The minimum absolute atomic E-state index is 0.0149. The topological polar surface area (TPSA) is 149 Å². The first kappa shape index (κ1) is 27.6. The second-order valence-corrected chi connectivity index (χ2v) is 10.0. The third kappa shape index (κ3) is 5.82. The van der Waals surface area contributed by atoms with Crippen molar-refractivity contribution in [1.82, 2.24) is 24.4 Å². The largest absolute Gasteiger partial charge is 0.376 e. The molecule has 12 nitrogen and oxygen atoms in total. The summed E-state index contributed by atoms with van der Waals surface area (Å²) in [7, 11) is 0. The van der Waals surface area contributed by atoms with Gasteiger partial charge in [0.2, 0.25) is 0 Å². The van der Waals surface area contributed by atoms with Crippen LogP contribution in [0.1, 0.15) is 51.2 Å². The highest BCUT2D eigenvalue weighted by Gasteiger charge is 2.45. The zero-order valence-electron chi connectivity index (χ0n) is 22.2. The molecule has 3 aromatic rings. The summed E-state index contributed by atoms with van der Waals surface area (Å²) in [5, 5.41) is 2.66. The third-order valence-electron chi connectivity index (χ3n) is 6.46. The summed E-state index contributed by atoms with van der Waals surface area (Å²) in [5.41, 5.74) is -0.645. The molecule has 0 radical (unpaired) electrons. The van der Waals surface area contributed by atoms with Crippen LogP contribution in [0.15, 0.2) is 44.8 Å². The summed E-state index contributed by atoms with van der Waals surface area (Å²) in [6, 6.07) is 7.22. The van der Waals surface area contributed by atoms with Crippen LogP contribution in [0.5, 0.6) is 0 Å². The van der Waals surface area contributed by atoms with E-state index in [2.05, 4.69) is 15.3 Å². The number of H-pyrrole nitrogens is 2. The molecule has 4 atom stereocenters. The number of aromatic amines is 2. The minimum atomic E-state index is -0.812. The number of carbonyl (C=O) groups is 1. The lowest BCUT2D eigenvalue weighted by Gasteiger charge is -2.24. The number of fused-ring (bicyclic) bond motifs is 1. The Labute approximate surface area is 218 Å². The number of nitrogens with one attached hydrogen (secondary N) is 3. The van der Waals surface area contributed by atoms with E-state index in [4.69, 9.17) is 14.2 Å². The number of benzene rings is 1. The van der Waals surface area contributed by atoms with E-state index in [1.54, 1.807) is 12.1 Å². The Morgan fingerprint density at radius 1 is 1.08 bits per heavy atom. The molecule has 1 amide bonds. The van der Waals surface area contributed by atoms with Gasteiger partial charge in [0, 0.05) is 25.2 Å². The number of carbonyl (C=O) groups excluding carboxylic acids is 1. The highest BCUT2D eigenvalue weighted by atomic mass is 16.6. The fraction of sp³-hybridized carbons (Fsp3) is 0.538. The predicted molar refractivity (Wildman–Crippen MR) is 140 cm³/mol. The van der Waals surface area contributed by atoms with Gasteiger partial charge in [-0.25, -0.2) is 9.59 Å². The predicted octanol–water partition coefficient (Wildman–Crippen LogP) is 1.36. The van der Waals surface area contributed by atoms with Crippen molar-refractivity contribution >= 4 is 16.9 Å². The Kier molecular flexibility index (Phi) is 8.34. The van der Waals surface area contributed by atoms with Gasteiger partial charge >= 0.3 is 11.4 Å². The number of hydrogen-bond acceptors (Lipinski definition) is 7. The number of rotatable bonds is 10. The Hall–Kier alpha value is -3.48. The zero-order chi connectivity index (χ0) is 27.6. The number of para-hydroxylation sites is 2. The van der Waals surface area contributed by atoms with Crippen LogP contribution < -0.4 is 22.3 Å². The molecule has 2 aromatic heterocycles. The Morgan fingerprint density at radius 2 is 1.82 bits per heavy atom. The van der Waals surface area contributed by atoms with E-state index in [1.807, 2.05) is 46.8 Å². The summed E-state index contributed by atoms with van der Waals surface area (Å²) in [6.45, 7) is 10.1. The average Bonchev–Trinajstić information content (AvgIpc) is 3.33. The number of ether oxygens (including phenoxy) is 3. The van der Waals surface area contributed by atoms with Gasteiger partial charge in [-0.15, -0.1) is 0 Å². The molecule has 1 aromatic carbocycles. The van der Waals surface area contributed by atoms with Crippen molar-refractivity contribution in [2.45, 2.75) is 71.8 Å². The molecule has 3 heterocycles. The maximum Gasteiger partial charge on any atom is 0.330 e. The molecule has 0 bridgehead atoms. The van der Waals surface area contributed by atoms with Gasteiger partial charge < -0.3 is 24.5 Å². The van der Waals surface area contributed by atoms with Gasteiger partial charge in [-0.05, 0) is 39.8 Å². The summed E-state index contributed by atoms with van der Waals surface area (Å²) in [6.07, 6.45) is -0.452. The molecular formula is C26H35N5O7. The Bertz CT molecular complexity index is 1450. The maximum atomic E-state index is 12.9. The van der Waals surface area contributed by atoms with E-state index >= 15 is 0 Å². The first-order chi connectivity index (χ1) is 18.1. The molecule has 0 saturated carbocycles. The molecule has 1 aliphatic rings. The molecule has 38 heavy (non-hydrogen) atoms. The second kappa shape index (κ2) is 11.5. The van der Waals surface area contributed by atoms with E-state index < -0.39 is 29.5 Å². The highest BCUT2D eigenvalue weighted by Crippen LogP contribution is 2.36. The monoisotopic (exact) mass is 529 g/mol. The molecular weight excluding hydrogens is 494 g/mol. The van der Waals surface area contributed by atoms with Gasteiger partial charge in [-0.1, -0.05) is 19.1 Å². The standard InChI is InChI=1S/C26H35N5O7/c1-14(2)36-13-20-21(37-15(3)4)16(5)24(38-20)31-12-17(23(33)29-26(31)35)22(32)27-10-11-30-19-9-7-6-8-18(19)28-25(30)34/h6-9,12,14-16,20-21,24H,10-11,13H2,1-5H3,(H,27,32)(H,28,34)(H,29,33,35)/t16-,20+,21?,24+/m0/s1. The molecule has 1 saturated heterocycles. The summed E-state index contributed by atoms with van der Waals surface area (Å²) in [4.78, 5) is 55.5. The third-order valence-corrected chi connectivity index (χ3v) is 6.46. The Balaban J connectivity index is 1.52. The van der Waals surface area contributed by atoms with Crippen molar-refractivity contribution in [3.05, 3.63) is 67.3 Å². The maximum absolute atomic E-state index is 12.9. The normalized spacial score (nSPS) is 21.6. The highest BCUT2D eigenvalue weighted by molar-refractivity contribution is 5.93. The van der Waals surface area contributed by atoms with E-state index in [-0.39, 0.29) is 55.2 Å². The molecule has 4 rings (SSSR count). The van der Waals surface area contributed by atoms with Crippen molar-refractivity contribution in [2.75, 3.05) is 13.2 Å². The van der Waals surface area contributed by atoms with Gasteiger partial charge in [0.15, 0.2) is 0 Å². The van der Waals surface area contributed by atoms with Crippen molar-refractivity contribution in [1.29, 1.82) is 0 Å². The van der Waals surface area contributed by atoms with Crippen molar-refractivity contribution in [3.8, 4) is 0 Å². The van der Waals surface area contributed by atoms with Crippen molar-refractivity contribution in [3.63, 3.8) is 0 Å². The molecule has 206 valence electrons. The number of nitrogens with zero attached hydrogens (tertiary/aromatic N) is 2. The smallest absolute Gasteiger partial charge is 0.330 e. The van der Waals surface area contributed by atoms with Gasteiger partial charge in [0.25, 0.3) is 11.5 Å². The average molecular weight is 530 g/mol. The second-order valence-electron chi connectivity index (χ2n) is 10.0. The minimum Gasteiger partial charge on any atom is -0.376 e.